The molecule has 1 aliphatic rings. The molecule has 2 rings (SSSR count). The van der Waals surface area contributed by atoms with Crippen molar-refractivity contribution in [3.8, 4) is 5.88 Å². The lowest BCUT2D eigenvalue weighted by molar-refractivity contribution is 0.0238. The Morgan fingerprint density at radius 3 is 2.27 bits per heavy atom. The van der Waals surface area contributed by atoms with Gasteiger partial charge in [-0.2, -0.15) is 4.98 Å². The fourth-order valence-electron chi connectivity index (χ4n) is 2.79. The third-order valence-corrected chi connectivity index (χ3v) is 3.99. The summed E-state index contributed by atoms with van der Waals surface area (Å²) in [5, 5.41) is 0. The Morgan fingerprint density at radius 2 is 1.70 bits per heavy atom. The summed E-state index contributed by atoms with van der Waals surface area (Å²) in [7, 11) is 0. The number of rotatable bonds is 9. The lowest BCUT2D eigenvalue weighted by Crippen LogP contribution is -2.41. The molecule has 2 N–H and O–H groups in total. The summed E-state index contributed by atoms with van der Waals surface area (Å²) in [6, 6.07) is 3.74. The van der Waals surface area contributed by atoms with Crippen LogP contribution in [0.25, 0.3) is 0 Å². The summed E-state index contributed by atoms with van der Waals surface area (Å²) < 4.78 is 16.1. The molecule has 1 fully saturated rings. The maximum absolute atomic E-state index is 11.9. The van der Waals surface area contributed by atoms with Crippen molar-refractivity contribution in [3.63, 3.8) is 0 Å². The van der Waals surface area contributed by atoms with Gasteiger partial charge in [0.15, 0.2) is 0 Å². The number of morpholine rings is 1. The van der Waals surface area contributed by atoms with Gasteiger partial charge in [-0.15, -0.1) is 0 Å². The molecule has 0 unspecified atom stereocenters. The topological polar surface area (TPSA) is 90.2 Å². The van der Waals surface area contributed by atoms with E-state index in [0.29, 0.717) is 38.0 Å². The number of nitrogens with zero attached hydrogens (tertiary/aromatic N) is 3. The number of hydrogen-bond donors (Lipinski definition) is 1. The largest absolute Gasteiger partial charge is 0.474 e. The normalized spacial score (nSPS) is 12.7. The fraction of sp³-hybridized carbons (Fsp3) is 0.727. The minimum atomic E-state index is -0.338. The average Bonchev–Trinajstić information content (AvgIpc) is 2.79. The molecule has 1 aromatic rings. The zero-order valence-electron chi connectivity index (χ0n) is 19.8. The van der Waals surface area contributed by atoms with Crippen LogP contribution in [0.1, 0.15) is 54.4 Å². The van der Waals surface area contributed by atoms with Crippen LogP contribution in [-0.4, -0.2) is 68.6 Å². The number of carbonyl (C=O) groups is 1. The zero-order chi connectivity index (χ0) is 22.8. The molecule has 0 atom stereocenters. The van der Waals surface area contributed by atoms with Crippen LogP contribution in [0.5, 0.6) is 5.88 Å². The molecule has 0 radical (unpaired) electrons. The summed E-state index contributed by atoms with van der Waals surface area (Å²) in [5.41, 5.74) is 6.92. The lowest BCUT2D eigenvalue weighted by atomic mass is 10.3. The van der Waals surface area contributed by atoms with Gasteiger partial charge < -0.3 is 29.7 Å². The zero-order valence-corrected chi connectivity index (χ0v) is 19.8. The minimum Gasteiger partial charge on any atom is -0.474 e. The van der Waals surface area contributed by atoms with Crippen LogP contribution in [0.2, 0.25) is 0 Å². The highest BCUT2D eigenvalue weighted by Crippen LogP contribution is 2.23. The SMILES string of the molecule is CC.CC.CCCN(CCC)c1cc(N)nc(OCCOC(=O)N2CCOCC2)c1. The Morgan fingerprint density at radius 1 is 1.10 bits per heavy atom. The van der Waals surface area contributed by atoms with Gasteiger partial charge in [-0.25, -0.2) is 4.79 Å². The van der Waals surface area contributed by atoms with Crippen LogP contribution in [0.15, 0.2) is 12.1 Å². The molecule has 8 heteroatoms. The molecule has 30 heavy (non-hydrogen) atoms. The van der Waals surface area contributed by atoms with Crippen molar-refractivity contribution < 1.29 is 19.0 Å². The highest BCUT2D eigenvalue weighted by Gasteiger charge is 2.17. The first-order chi connectivity index (χ1) is 14.6. The predicted octanol–water partition coefficient (Wildman–Crippen LogP) is 4.19. The number of ether oxygens (including phenoxy) is 3. The molecule has 0 saturated carbocycles. The van der Waals surface area contributed by atoms with Crippen LogP contribution in [0.3, 0.4) is 0 Å². The predicted molar refractivity (Wildman–Crippen MR) is 123 cm³/mol. The van der Waals surface area contributed by atoms with E-state index in [2.05, 4.69) is 23.7 Å². The van der Waals surface area contributed by atoms with Gasteiger partial charge in [-0.1, -0.05) is 41.5 Å². The van der Waals surface area contributed by atoms with Gasteiger partial charge in [-0.3, -0.25) is 0 Å². The van der Waals surface area contributed by atoms with E-state index in [1.165, 1.54) is 0 Å². The Kier molecular flexibility index (Phi) is 16.3. The second-order valence-electron chi connectivity index (χ2n) is 6.14. The molecule has 174 valence electrons. The van der Waals surface area contributed by atoms with Crippen molar-refractivity contribution in [1.82, 2.24) is 9.88 Å². The van der Waals surface area contributed by atoms with Crippen LogP contribution < -0.4 is 15.4 Å². The highest BCUT2D eigenvalue weighted by atomic mass is 16.6. The third-order valence-electron chi connectivity index (χ3n) is 3.99. The Bertz CT molecular complexity index is 560. The van der Waals surface area contributed by atoms with E-state index in [1.54, 1.807) is 4.90 Å². The Labute approximate surface area is 182 Å². The smallest absolute Gasteiger partial charge is 0.410 e. The van der Waals surface area contributed by atoms with E-state index in [1.807, 2.05) is 39.8 Å². The van der Waals surface area contributed by atoms with Gasteiger partial charge >= 0.3 is 6.09 Å². The third kappa shape index (κ3) is 10.5. The van der Waals surface area contributed by atoms with E-state index in [-0.39, 0.29) is 19.3 Å². The van der Waals surface area contributed by atoms with E-state index in [0.717, 1.165) is 31.6 Å². The second kappa shape index (κ2) is 17.6. The molecule has 8 nitrogen and oxygen atoms in total. The van der Waals surface area contributed by atoms with Crippen LogP contribution in [0, 0.1) is 0 Å². The number of anilines is 2. The maximum Gasteiger partial charge on any atom is 0.410 e. The number of nitrogens with two attached hydrogens (primary N) is 1. The quantitative estimate of drug-likeness (QED) is 0.592. The molecule has 0 aromatic carbocycles. The first kappa shape index (κ1) is 27.8. The van der Waals surface area contributed by atoms with Crippen molar-refractivity contribution in [2.24, 2.45) is 0 Å². The first-order valence-corrected chi connectivity index (χ1v) is 11.3. The molecular formula is C22H42N4O4. The van der Waals surface area contributed by atoms with Crippen LogP contribution >= 0.6 is 0 Å². The summed E-state index contributed by atoms with van der Waals surface area (Å²) in [6.07, 6.45) is 1.77. The molecule has 1 amide bonds. The van der Waals surface area contributed by atoms with Gasteiger partial charge in [0.2, 0.25) is 5.88 Å². The molecular weight excluding hydrogens is 384 g/mol. The minimum absolute atomic E-state index is 0.162. The van der Waals surface area contributed by atoms with Crippen LogP contribution in [0.4, 0.5) is 16.3 Å². The first-order valence-electron chi connectivity index (χ1n) is 11.3. The lowest BCUT2D eigenvalue weighted by Gasteiger charge is -2.26. The van der Waals surface area contributed by atoms with E-state index < -0.39 is 0 Å². The van der Waals surface area contributed by atoms with Crippen molar-refractivity contribution in [2.75, 3.05) is 63.2 Å². The van der Waals surface area contributed by atoms with Gasteiger partial charge in [0.1, 0.15) is 19.0 Å². The number of hydrogen-bond acceptors (Lipinski definition) is 7. The molecule has 0 spiro atoms. The van der Waals surface area contributed by atoms with Gasteiger partial charge in [-0.05, 0) is 12.8 Å². The summed E-state index contributed by atoms with van der Waals surface area (Å²) >= 11 is 0. The number of aromatic nitrogens is 1. The Balaban J connectivity index is 0.00000198. The average molecular weight is 427 g/mol. The summed E-state index contributed by atoms with van der Waals surface area (Å²) in [5.74, 6) is 0.861. The van der Waals surface area contributed by atoms with Crippen molar-refractivity contribution in [2.45, 2.75) is 54.4 Å². The van der Waals surface area contributed by atoms with Crippen LogP contribution in [-0.2, 0) is 9.47 Å². The van der Waals surface area contributed by atoms with E-state index >= 15 is 0 Å². The number of pyridine rings is 1. The van der Waals surface area contributed by atoms with Crippen molar-refractivity contribution >= 4 is 17.6 Å². The van der Waals surface area contributed by atoms with Crippen molar-refractivity contribution in [3.05, 3.63) is 12.1 Å². The second-order valence-corrected chi connectivity index (χ2v) is 6.14. The molecule has 1 aliphatic heterocycles. The number of nitrogen functional groups attached to an aromatic ring is 1. The molecule has 1 aromatic heterocycles. The highest BCUT2D eigenvalue weighted by molar-refractivity contribution is 5.67. The van der Waals surface area contributed by atoms with E-state index in [4.69, 9.17) is 19.9 Å². The summed E-state index contributed by atoms with van der Waals surface area (Å²) in [4.78, 5) is 20.0. The molecule has 0 bridgehead atoms. The van der Waals surface area contributed by atoms with Crippen molar-refractivity contribution in [1.29, 1.82) is 0 Å². The fourth-order valence-corrected chi connectivity index (χ4v) is 2.79. The van der Waals surface area contributed by atoms with Gasteiger partial charge in [0, 0.05) is 44.0 Å². The molecule has 1 saturated heterocycles. The standard InChI is InChI=1S/C18H30N4O4.2C2H6/c1-3-5-21(6-4-2)15-13-16(19)20-17(14-15)25-11-12-26-18(23)22-7-9-24-10-8-22;2*1-2/h13-14H,3-12H2,1-2H3,(H2,19,20);2*1-2H3. The van der Waals surface area contributed by atoms with Gasteiger partial charge in [0.05, 0.1) is 13.2 Å². The summed E-state index contributed by atoms with van der Waals surface area (Å²) in [6.45, 7) is 16.8. The number of amides is 1. The van der Waals surface area contributed by atoms with E-state index in [9.17, 15) is 4.79 Å². The maximum atomic E-state index is 11.9. The monoisotopic (exact) mass is 426 g/mol. The Hall–Kier alpha value is -2.22. The molecule has 2 heterocycles. The number of carbonyl (C=O) groups excluding carboxylic acids is 1. The molecule has 0 aliphatic carbocycles. The van der Waals surface area contributed by atoms with Gasteiger partial charge in [0.25, 0.3) is 0 Å².